The van der Waals surface area contributed by atoms with Gasteiger partial charge in [-0.2, -0.15) is 0 Å². The van der Waals surface area contributed by atoms with E-state index in [1.54, 1.807) is 22.8 Å². The van der Waals surface area contributed by atoms with Crippen molar-refractivity contribution < 1.29 is 14.7 Å². The number of unbranched alkanes of at least 4 members (excludes halogenated alkanes) is 1. The molecule has 6 heteroatoms. The standard InChI is InChI=1S/C30H36N2O4/c1-3-4-14-27-21(2)32(28(33)19-22-10-6-5-7-11-22)30(36)31(27)20-23-15-17-24(18-16-23)25-12-8-9-13-26(25)29(34)35/h8-9,12-13,15-18,22H,3-7,10-11,14,19-20H2,1-2H3,(H,34,35). The molecule has 6 nitrogen and oxygen atoms in total. The molecule has 0 radical (unpaired) electrons. The number of imidazole rings is 1. The zero-order valence-corrected chi connectivity index (χ0v) is 21.3. The summed E-state index contributed by atoms with van der Waals surface area (Å²) in [6.45, 7) is 4.40. The van der Waals surface area contributed by atoms with Gasteiger partial charge in [0.15, 0.2) is 0 Å². The lowest BCUT2D eigenvalue weighted by atomic mass is 9.87. The second-order valence-corrected chi connectivity index (χ2v) is 9.99. The smallest absolute Gasteiger partial charge is 0.336 e. The van der Waals surface area contributed by atoms with Crippen LogP contribution in [0.3, 0.4) is 0 Å². The van der Waals surface area contributed by atoms with Gasteiger partial charge in [0.1, 0.15) is 0 Å². The van der Waals surface area contributed by atoms with Gasteiger partial charge >= 0.3 is 11.7 Å². The molecule has 1 heterocycles. The number of carboxylic acids is 1. The molecule has 1 aromatic heterocycles. The van der Waals surface area contributed by atoms with Gasteiger partial charge in [0, 0.05) is 17.8 Å². The first-order chi connectivity index (χ1) is 17.4. The minimum absolute atomic E-state index is 0.0819. The van der Waals surface area contributed by atoms with E-state index in [2.05, 4.69) is 6.92 Å². The molecule has 0 saturated heterocycles. The Labute approximate surface area is 212 Å². The van der Waals surface area contributed by atoms with Crippen LogP contribution in [0.5, 0.6) is 0 Å². The summed E-state index contributed by atoms with van der Waals surface area (Å²) in [5, 5.41) is 9.52. The number of carbonyl (C=O) groups excluding carboxylic acids is 1. The zero-order valence-electron chi connectivity index (χ0n) is 21.3. The van der Waals surface area contributed by atoms with Crippen molar-refractivity contribution in [1.82, 2.24) is 9.13 Å². The summed E-state index contributed by atoms with van der Waals surface area (Å²) in [4.78, 5) is 38.4. The molecule has 0 atom stereocenters. The third-order valence-corrected chi connectivity index (χ3v) is 7.47. The normalized spacial score (nSPS) is 14.2. The van der Waals surface area contributed by atoms with E-state index in [-0.39, 0.29) is 17.2 Å². The summed E-state index contributed by atoms with van der Waals surface area (Å²) in [7, 11) is 0. The number of carbonyl (C=O) groups is 2. The number of hydrogen-bond donors (Lipinski definition) is 1. The molecule has 0 spiro atoms. The van der Waals surface area contributed by atoms with Gasteiger partial charge < -0.3 is 5.11 Å². The Morgan fingerprint density at radius 3 is 2.36 bits per heavy atom. The molecule has 36 heavy (non-hydrogen) atoms. The van der Waals surface area contributed by atoms with Crippen molar-refractivity contribution in [2.24, 2.45) is 5.92 Å². The van der Waals surface area contributed by atoms with Crippen molar-refractivity contribution in [3.8, 4) is 11.1 Å². The highest BCUT2D eigenvalue weighted by atomic mass is 16.4. The van der Waals surface area contributed by atoms with Crippen molar-refractivity contribution in [3.63, 3.8) is 0 Å². The van der Waals surface area contributed by atoms with Gasteiger partial charge in [-0.25, -0.2) is 14.2 Å². The lowest BCUT2D eigenvalue weighted by Crippen LogP contribution is -2.31. The fourth-order valence-corrected chi connectivity index (χ4v) is 5.44. The monoisotopic (exact) mass is 488 g/mol. The highest BCUT2D eigenvalue weighted by molar-refractivity contribution is 5.96. The van der Waals surface area contributed by atoms with E-state index in [1.807, 2.05) is 37.3 Å². The Kier molecular flexibility index (Phi) is 8.24. The van der Waals surface area contributed by atoms with E-state index in [0.717, 1.165) is 54.6 Å². The molecule has 0 bridgehead atoms. The summed E-state index contributed by atoms with van der Waals surface area (Å²) < 4.78 is 3.17. The highest BCUT2D eigenvalue weighted by Crippen LogP contribution is 2.27. The van der Waals surface area contributed by atoms with Crippen molar-refractivity contribution >= 4 is 11.9 Å². The first-order valence-corrected chi connectivity index (χ1v) is 13.2. The van der Waals surface area contributed by atoms with E-state index in [4.69, 9.17) is 0 Å². The van der Waals surface area contributed by atoms with Gasteiger partial charge in [-0.15, -0.1) is 0 Å². The van der Waals surface area contributed by atoms with E-state index in [9.17, 15) is 19.5 Å². The summed E-state index contributed by atoms with van der Waals surface area (Å²) in [6, 6.07) is 14.6. The molecule has 0 aliphatic heterocycles. The molecule has 1 saturated carbocycles. The van der Waals surface area contributed by atoms with Gasteiger partial charge in [0.25, 0.3) is 0 Å². The SMILES string of the molecule is CCCCc1c(C)n(C(=O)CC2CCCCC2)c(=O)n1Cc1ccc(-c2ccccc2C(=O)O)cc1. The van der Waals surface area contributed by atoms with Crippen molar-refractivity contribution in [3.05, 3.63) is 81.5 Å². The van der Waals surface area contributed by atoms with E-state index >= 15 is 0 Å². The van der Waals surface area contributed by atoms with Crippen LogP contribution in [0.2, 0.25) is 0 Å². The number of benzene rings is 2. The molecule has 2 aromatic carbocycles. The molecule has 190 valence electrons. The maximum atomic E-state index is 13.5. The molecule has 1 aliphatic rings. The molecular formula is C30H36N2O4. The maximum Gasteiger partial charge on any atom is 0.336 e. The molecule has 1 fully saturated rings. The topological polar surface area (TPSA) is 81.3 Å². The van der Waals surface area contributed by atoms with Gasteiger partial charge in [-0.05, 0) is 61.3 Å². The maximum absolute atomic E-state index is 13.5. The number of rotatable bonds is 9. The van der Waals surface area contributed by atoms with Crippen LogP contribution >= 0.6 is 0 Å². The Morgan fingerprint density at radius 2 is 1.69 bits per heavy atom. The van der Waals surface area contributed by atoms with Gasteiger partial charge in [-0.1, -0.05) is 75.1 Å². The minimum Gasteiger partial charge on any atom is -0.478 e. The minimum atomic E-state index is -0.962. The Balaban J connectivity index is 1.62. The van der Waals surface area contributed by atoms with Gasteiger partial charge in [0.2, 0.25) is 5.91 Å². The van der Waals surface area contributed by atoms with Crippen molar-refractivity contribution in [2.75, 3.05) is 0 Å². The zero-order chi connectivity index (χ0) is 25.7. The number of aromatic nitrogens is 2. The molecular weight excluding hydrogens is 452 g/mol. The van der Waals surface area contributed by atoms with Gasteiger partial charge in [-0.3, -0.25) is 9.36 Å². The van der Waals surface area contributed by atoms with Crippen LogP contribution in [0.25, 0.3) is 11.1 Å². The fourth-order valence-electron chi connectivity index (χ4n) is 5.44. The van der Waals surface area contributed by atoms with Crippen LogP contribution in [-0.4, -0.2) is 26.1 Å². The largest absolute Gasteiger partial charge is 0.478 e. The van der Waals surface area contributed by atoms with Crippen molar-refractivity contribution in [2.45, 2.75) is 78.2 Å². The molecule has 1 aliphatic carbocycles. The number of nitrogens with zero attached hydrogens (tertiary/aromatic N) is 2. The summed E-state index contributed by atoms with van der Waals surface area (Å²) in [5.41, 5.74) is 4.11. The van der Waals surface area contributed by atoms with Crippen LogP contribution in [-0.2, 0) is 13.0 Å². The van der Waals surface area contributed by atoms with E-state index < -0.39 is 5.97 Å². The third kappa shape index (κ3) is 5.53. The Bertz CT molecular complexity index is 1280. The van der Waals surface area contributed by atoms with Crippen LogP contribution < -0.4 is 5.69 Å². The van der Waals surface area contributed by atoms with Crippen LogP contribution in [0.1, 0.15) is 90.4 Å². The van der Waals surface area contributed by atoms with Crippen molar-refractivity contribution in [1.29, 1.82) is 0 Å². The molecule has 1 N–H and O–H groups in total. The summed E-state index contributed by atoms with van der Waals surface area (Å²) >= 11 is 0. The first kappa shape index (κ1) is 25.7. The van der Waals surface area contributed by atoms with E-state index in [1.165, 1.54) is 23.8 Å². The predicted molar refractivity (Wildman–Crippen MR) is 142 cm³/mol. The Morgan fingerprint density at radius 1 is 1.00 bits per heavy atom. The average molecular weight is 489 g/mol. The first-order valence-electron chi connectivity index (χ1n) is 13.2. The molecule has 0 unspecified atom stereocenters. The fraction of sp³-hybridized carbons (Fsp3) is 0.433. The number of carboxylic acid groups (broad SMARTS) is 1. The van der Waals surface area contributed by atoms with Gasteiger partial charge in [0.05, 0.1) is 12.1 Å². The summed E-state index contributed by atoms with van der Waals surface area (Å²) in [5.74, 6) is -0.667. The van der Waals surface area contributed by atoms with Crippen LogP contribution in [0, 0.1) is 12.8 Å². The second-order valence-electron chi connectivity index (χ2n) is 9.99. The Hall–Kier alpha value is -3.41. The lowest BCUT2D eigenvalue weighted by molar-refractivity contribution is 0.0697. The lowest BCUT2D eigenvalue weighted by Gasteiger charge is -2.20. The number of hydrogen-bond acceptors (Lipinski definition) is 3. The average Bonchev–Trinajstić information content (AvgIpc) is 3.12. The van der Waals surface area contributed by atoms with E-state index in [0.29, 0.717) is 24.4 Å². The molecule has 0 amide bonds. The number of aromatic carboxylic acids is 1. The predicted octanol–water partition coefficient (Wildman–Crippen LogP) is 6.32. The third-order valence-electron chi connectivity index (χ3n) is 7.47. The quantitative estimate of drug-likeness (QED) is 0.382. The molecule has 3 aromatic rings. The molecule has 4 rings (SSSR count). The second kappa shape index (κ2) is 11.5. The highest BCUT2D eigenvalue weighted by Gasteiger charge is 2.24. The summed E-state index contributed by atoms with van der Waals surface area (Å²) in [6.07, 6.45) is 8.87. The van der Waals surface area contributed by atoms with Crippen LogP contribution in [0.4, 0.5) is 0 Å². The van der Waals surface area contributed by atoms with Crippen LogP contribution in [0.15, 0.2) is 53.3 Å².